The van der Waals surface area contributed by atoms with Crippen molar-refractivity contribution < 1.29 is 14.6 Å². The van der Waals surface area contributed by atoms with Gasteiger partial charge in [-0.3, -0.25) is 4.79 Å². The van der Waals surface area contributed by atoms with Gasteiger partial charge in [0.15, 0.2) is 0 Å². The van der Waals surface area contributed by atoms with Gasteiger partial charge < -0.3 is 20.5 Å². The molecule has 1 fully saturated rings. The van der Waals surface area contributed by atoms with Crippen molar-refractivity contribution in [3.05, 3.63) is 35.9 Å². The Labute approximate surface area is 144 Å². The van der Waals surface area contributed by atoms with Crippen molar-refractivity contribution in [2.75, 3.05) is 20.2 Å². The number of likely N-dealkylation sites (N-methyl/N-ethyl adjacent to an activating group) is 1. The minimum absolute atomic E-state index is 0. The molecule has 2 rings (SSSR count). The molecule has 0 aliphatic heterocycles. The number of aliphatic hydroxyl groups is 1. The molecule has 6 heteroatoms. The third kappa shape index (κ3) is 5.77. The molecular weight excluding hydrogens is 316 g/mol. The van der Waals surface area contributed by atoms with Gasteiger partial charge in [-0.05, 0) is 18.4 Å². The first-order chi connectivity index (χ1) is 10.5. The van der Waals surface area contributed by atoms with Crippen LogP contribution in [0, 0.1) is 0 Å². The van der Waals surface area contributed by atoms with Crippen molar-refractivity contribution in [1.82, 2.24) is 4.90 Å². The lowest BCUT2D eigenvalue weighted by Crippen LogP contribution is -2.54. The molecular formula is C17H27ClN2O3. The van der Waals surface area contributed by atoms with Crippen LogP contribution in [0.15, 0.2) is 30.3 Å². The van der Waals surface area contributed by atoms with E-state index < -0.39 is 11.6 Å². The molecule has 1 amide bonds. The van der Waals surface area contributed by atoms with E-state index in [1.165, 1.54) is 4.90 Å². The van der Waals surface area contributed by atoms with Gasteiger partial charge >= 0.3 is 0 Å². The molecule has 1 saturated carbocycles. The second-order valence-electron chi connectivity index (χ2n) is 6.20. The smallest absolute Gasteiger partial charge is 0.242 e. The van der Waals surface area contributed by atoms with Crippen LogP contribution in [0.5, 0.6) is 0 Å². The van der Waals surface area contributed by atoms with Crippen molar-refractivity contribution in [1.29, 1.82) is 0 Å². The summed E-state index contributed by atoms with van der Waals surface area (Å²) in [4.78, 5) is 13.9. The molecule has 1 aliphatic rings. The lowest BCUT2D eigenvalue weighted by Gasteiger charge is -2.30. The van der Waals surface area contributed by atoms with E-state index in [0.717, 1.165) is 31.2 Å². The summed E-state index contributed by atoms with van der Waals surface area (Å²) in [7, 11) is 1.69. The van der Waals surface area contributed by atoms with Gasteiger partial charge in [-0.15, -0.1) is 12.4 Å². The van der Waals surface area contributed by atoms with Gasteiger partial charge in [0.2, 0.25) is 5.91 Å². The first kappa shape index (κ1) is 19.9. The molecule has 1 unspecified atom stereocenters. The molecule has 0 bridgehead atoms. The van der Waals surface area contributed by atoms with Crippen LogP contribution in [-0.2, 0) is 16.1 Å². The average molecular weight is 343 g/mol. The number of rotatable bonds is 7. The predicted molar refractivity (Wildman–Crippen MR) is 92.4 cm³/mol. The minimum Gasteiger partial charge on any atom is -0.389 e. The number of nitrogens with two attached hydrogens (primary N) is 1. The third-order valence-corrected chi connectivity index (χ3v) is 4.17. The Kier molecular flexibility index (Phi) is 7.99. The van der Waals surface area contributed by atoms with Gasteiger partial charge in [-0.25, -0.2) is 0 Å². The van der Waals surface area contributed by atoms with Crippen LogP contribution < -0.4 is 5.73 Å². The molecule has 1 aromatic carbocycles. The quantitative estimate of drug-likeness (QED) is 0.791. The van der Waals surface area contributed by atoms with E-state index in [0.29, 0.717) is 6.61 Å². The van der Waals surface area contributed by atoms with E-state index in [-0.39, 0.29) is 31.5 Å². The van der Waals surface area contributed by atoms with Gasteiger partial charge in [0.1, 0.15) is 0 Å². The Balaban J connectivity index is 0.00000264. The van der Waals surface area contributed by atoms with Crippen LogP contribution >= 0.6 is 12.4 Å². The average Bonchev–Trinajstić information content (AvgIpc) is 2.95. The fraction of sp³-hybridized carbons (Fsp3) is 0.588. The number of amides is 1. The molecule has 0 radical (unpaired) electrons. The minimum atomic E-state index is -0.737. The summed E-state index contributed by atoms with van der Waals surface area (Å²) in [6.45, 7) is 0.896. The Hall–Kier alpha value is -1.14. The predicted octanol–water partition coefficient (Wildman–Crippen LogP) is 1.72. The molecule has 1 aromatic rings. The number of carbonyl (C=O) groups excluding carboxylic acids is 1. The molecule has 0 spiro atoms. The van der Waals surface area contributed by atoms with Crippen molar-refractivity contribution in [2.24, 2.45) is 5.73 Å². The zero-order valence-corrected chi connectivity index (χ0v) is 14.4. The van der Waals surface area contributed by atoms with Crippen molar-refractivity contribution >= 4 is 18.3 Å². The highest BCUT2D eigenvalue weighted by atomic mass is 35.5. The molecule has 0 saturated heterocycles. The lowest BCUT2D eigenvalue weighted by atomic mass is 9.97. The normalized spacial score (nSPS) is 17.3. The standard InChI is InChI=1S/C17H26N2O3.ClH/c1-19(16(21)17(18)9-5-6-10-17)11-15(20)13-22-12-14-7-3-2-4-8-14;/h2-4,7-8,15,20H,5-6,9-13,18H2,1H3;1H. The van der Waals surface area contributed by atoms with Crippen LogP contribution in [0.3, 0.4) is 0 Å². The maximum absolute atomic E-state index is 12.3. The lowest BCUT2D eigenvalue weighted by molar-refractivity contribution is -0.137. The number of hydrogen-bond acceptors (Lipinski definition) is 4. The Morgan fingerprint density at radius 3 is 2.57 bits per heavy atom. The monoisotopic (exact) mass is 342 g/mol. The summed E-state index contributed by atoms with van der Waals surface area (Å²) in [5.41, 5.74) is 6.48. The second kappa shape index (κ2) is 9.23. The summed E-state index contributed by atoms with van der Waals surface area (Å²) in [5.74, 6) is -0.0768. The van der Waals surface area contributed by atoms with E-state index in [2.05, 4.69) is 0 Å². The highest BCUT2D eigenvalue weighted by molar-refractivity contribution is 5.86. The van der Waals surface area contributed by atoms with E-state index in [4.69, 9.17) is 10.5 Å². The van der Waals surface area contributed by atoms with Crippen molar-refractivity contribution in [3.8, 4) is 0 Å². The highest BCUT2D eigenvalue weighted by Gasteiger charge is 2.39. The molecule has 130 valence electrons. The Morgan fingerprint density at radius 1 is 1.35 bits per heavy atom. The highest BCUT2D eigenvalue weighted by Crippen LogP contribution is 2.28. The van der Waals surface area contributed by atoms with E-state index in [9.17, 15) is 9.90 Å². The second-order valence-corrected chi connectivity index (χ2v) is 6.20. The fourth-order valence-corrected chi connectivity index (χ4v) is 2.94. The van der Waals surface area contributed by atoms with Crippen molar-refractivity contribution in [2.45, 2.75) is 43.9 Å². The van der Waals surface area contributed by atoms with Crippen LogP contribution in [0.4, 0.5) is 0 Å². The van der Waals surface area contributed by atoms with E-state index in [1.807, 2.05) is 30.3 Å². The van der Waals surface area contributed by atoms with Gasteiger partial charge in [0.05, 0.1) is 24.9 Å². The zero-order valence-electron chi connectivity index (χ0n) is 13.6. The number of ether oxygens (including phenoxy) is 1. The summed E-state index contributed by atoms with van der Waals surface area (Å²) < 4.78 is 5.49. The SMILES string of the molecule is CN(CC(O)COCc1ccccc1)C(=O)C1(N)CCCC1.Cl. The first-order valence-corrected chi connectivity index (χ1v) is 7.85. The summed E-state index contributed by atoms with van der Waals surface area (Å²) in [5, 5.41) is 10.0. The third-order valence-electron chi connectivity index (χ3n) is 4.17. The van der Waals surface area contributed by atoms with Crippen LogP contribution in [0.25, 0.3) is 0 Å². The van der Waals surface area contributed by atoms with Crippen LogP contribution in [0.2, 0.25) is 0 Å². The largest absolute Gasteiger partial charge is 0.389 e. The van der Waals surface area contributed by atoms with Gasteiger partial charge in [0.25, 0.3) is 0 Å². The molecule has 0 heterocycles. The number of carbonyl (C=O) groups is 1. The molecule has 5 nitrogen and oxygen atoms in total. The zero-order chi connectivity index (χ0) is 16.0. The topological polar surface area (TPSA) is 75.8 Å². The maximum atomic E-state index is 12.3. The van der Waals surface area contributed by atoms with Gasteiger partial charge in [-0.1, -0.05) is 43.2 Å². The maximum Gasteiger partial charge on any atom is 0.242 e. The molecule has 1 atom stereocenters. The molecule has 23 heavy (non-hydrogen) atoms. The number of benzene rings is 1. The number of aliphatic hydroxyl groups excluding tert-OH is 1. The van der Waals surface area contributed by atoms with E-state index >= 15 is 0 Å². The number of hydrogen-bond donors (Lipinski definition) is 2. The number of nitrogens with zero attached hydrogens (tertiary/aromatic N) is 1. The molecule has 1 aliphatic carbocycles. The summed E-state index contributed by atoms with van der Waals surface area (Å²) >= 11 is 0. The fourth-order valence-electron chi connectivity index (χ4n) is 2.94. The molecule has 3 N–H and O–H groups in total. The van der Waals surface area contributed by atoms with Crippen LogP contribution in [-0.4, -0.2) is 47.8 Å². The van der Waals surface area contributed by atoms with Crippen molar-refractivity contribution in [3.63, 3.8) is 0 Å². The molecule has 0 aromatic heterocycles. The van der Waals surface area contributed by atoms with Crippen LogP contribution in [0.1, 0.15) is 31.2 Å². The number of halogens is 1. The summed E-state index contributed by atoms with van der Waals surface area (Å²) in [6.07, 6.45) is 2.76. The first-order valence-electron chi connectivity index (χ1n) is 7.85. The Morgan fingerprint density at radius 2 is 1.96 bits per heavy atom. The Bertz CT molecular complexity index is 478. The van der Waals surface area contributed by atoms with Gasteiger partial charge in [-0.2, -0.15) is 0 Å². The van der Waals surface area contributed by atoms with Gasteiger partial charge in [0, 0.05) is 13.6 Å². The summed E-state index contributed by atoms with van der Waals surface area (Å²) in [6, 6.07) is 9.79. The van der Waals surface area contributed by atoms with E-state index in [1.54, 1.807) is 7.05 Å².